The number of rotatable bonds is 4. The van der Waals surface area contributed by atoms with E-state index in [9.17, 15) is 0 Å². The van der Waals surface area contributed by atoms with Crippen LogP contribution in [0.4, 0.5) is 0 Å². The first kappa shape index (κ1) is 18.7. The Morgan fingerprint density at radius 1 is 1.16 bits per heavy atom. The van der Waals surface area contributed by atoms with Gasteiger partial charge in [-0.15, -0.1) is 0 Å². The lowest BCUT2D eigenvalue weighted by atomic mass is 9.90. The lowest BCUT2D eigenvalue weighted by Crippen LogP contribution is -1.99. The average molecular weight is 484 g/mol. The summed E-state index contributed by atoms with van der Waals surface area (Å²) in [5, 5.41) is 2.44. The molecule has 0 N–H and O–H groups in total. The predicted molar refractivity (Wildman–Crippen MR) is 113 cm³/mol. The van der Waals surface area contributed by atoms with Crippen LogP contribution in [0.15, 0.2) is 40.9 Å². The Bertz CT molecular complexity index is 923. The van der Waals surface area contributed by atoms with Crippen LogP contribution in [0.1, 0.15) is 30.9 Å². The van der Waals surface area contributed by atoms with Gasteiger partial charge in [0.1, 0.15) is 10.9 Å². The van der Waals surface area contributed by atoms with Crippen LogP contribution in [-0.2, 0) is 5.33 Å². The van der Waals surface area contributed by atoms with Crippen LogP contribution in [0.25, 0.3) is 22.0 Å². The summed E-state index contributed by atoms with van der Waals surface area (Å²) in [6, 6.07) is 12.3. The van der Waals surface area contributed by atoms with Crippen molar-refractivity contribution in [1.29, 1.82) is 0 Å². The summed E-state index contributed by atoms with van der Waals surface area (Å²) in [6.07, 6.45) is 0. The van der Waals surface area contributed by atoms with Crippen molar-refractivity contribution >= 4 is 54.4 Å². The minimum absolute atomic E-state index is 0.262. The molecule has 0 fully saturated rings. The van der Waals surface area contributed by atoms with Gasteiger partial charge in [-0.25, -0.2) is 4.98 Å². The van der Waals surface area contributed by atoms with Gasteiger partial charge < -0.3 is 4.74 Å². The van der Waals surface area contributed by atoms with Crippen LogP contribution in [0, 0.1) is 0 Å². The zero-order valence-electron chi connectivity index (χ0n) is 14.2. The number of halogens is 3. The molecule has 0 radical (unpaired) electrons. The Balaban J connectivity index is 2.40. The zero-order valence-corrected chi connectivity index (χ0v) is 18.2. The van der Waals surface area contributed by atoms with Crippen LogP contribution in [0.2, 0.25) is 5.15 Å². The minimum Gasteiger partial charge on any atom is -0.497 e. The molecule has 25 heavy (non-hydrogen) atoms. The van der Waals surface area contributed by atoms with Crippen molar-refractivity contribution < 1.29 is 4.74 Å². The Kier molecular flexibility index (Phi) is 5.71. The highest BCUT2D eigenvalue weighted by Gasteiger charge is 2.19. The quantitative estimate of drug-likeness (QED) is 0.286. The molecule has 2 aromatic carbocycles. The van der Waals surface area contributed by atoms with Crippen LogP contribution in [0.5, 0.6) is 5.75 Å². The number of fused-ring (bicyclic) bond motifs is 1. The maximum absolute atomic E-state index is 6.58. The van der Waals surface area contributed by atoms with Crippen molar-refractivity contribution in [1.82, 2.24) is 4.98 Å². The second-order valence-electron chi connectivity index (χ2n) is 6.17. The second-order valence-corrected chi connectivity index (χ2v) is 7.94. The first-order valence-corrected chi connectivity index (χ1v) is 10.3. The Morgan fingerprint density at radius 3 is 2.40 bits per heavy atom. The predicted octanol–water partition coefficient (Wildman–Crippen LogP) is 7.34. The summed E-state index contributed by atoms with van der Waals surface area (Å²) < 4.78 is 6.32. The third kappa shape index (κ3) is 3.57. The fourth-order valence-electron chi connectivity index (χ4n) is 3.01. The third-order valence-electron chi connectivity index (χ3n) is 4.24. The molecular formula is C20H18Br2ClNO. The summed E-state index contributed by atoms with van der Waals surface area (Å²) in [5.41, 5.74) is 5.39. The monoisotopic (exact) mass is 481 g/mol. The largest absolute Gasteiger partial charge is 0.497 e. The van der Waals surface area contributed by atoms with Crippen LogP contribution in [0.3, 0.4) is 0 Å². The molecule has 0 amide bonds. The van der Waals surface area contributed by atoms with Gasteiger partial charge in [-0.3, -0.25) is 0 Å². The van der Waals surface area contributed by atoms with Gasteiger partial charge in [0.25, 0.3) is 0 Å². The maximum Gasteiger partial charge on any atom is 0.133 e. The molecule has 0 spiro atoms. The fraction of sp³-hybridized carbons (Fsp3) is 0.250. The molecule has 0 bridgehead atoms. The normalized spacial score (nSPS) is 11.3. The first-order chi connectivity index (χ1) is 12.0. The number of methoxy groups -OCH3 is 1. The van der Waals surface area contributed by atoms with Crippen molar-refractivity contribution in [2.45, 2.75) is 25.1 Å². The van der Waals surface area contributed by atoms with Crippen LogP contribution in [-0.4, -0.2) is 12.1 Å². The average Bonchev–Trinajstić information content (AvgIpc) is 2.60. The summed E-state index contributed by atoms with van der Waals surface area (Å²) in [7, 11) is 1.67. The van der Waals surface area contributed by atoms with Gasteiger partial charge in [0.2, 0.25) is 0 Å². The number of pyridine rings is 1. The highest BCUT2D eigenvalue weighted by Crippen LogP contribution is 2.41. The van der Waals surface area contributed by atoms with Crippen LogP contribution < -0.4 is 4.74 Å². The van der Waals surface area contributed by atoms with E-state index < -0.39 is 0 Å². The van der Waals surface area contributed by atoms with E-state index >= 15 is 0 Å². The number of hydrogen-bond donors (Lipinski definition) is 0. The van der Waals surface area contributed by atoms with Gasteiger partial charge in [0, 0.05) is 20.8 Å². The number of benzene rings is 2. The second kappa shape index (κ2) is 7.65. The standard InChI is InChI=1S/C20H18Br2ClNO/c1-11(2)18-19(12-4-6-14(25-3)7-5-12)15-8-13(10-21)16(22)9-17(15)24-20(18)23/h4-9,11H,10H2,1-3H3. The van der Waals surface area contributed by atoms with E-state index in [0.29, 0.717) is 5.15 Å². The lowest BCUT2D eigenvalue weighted by Gasteiger charge is -2.18. The van der Waals surface area contributed by atoms with E-state index in [1.54, 1.807) is 7.11 Å². The van der Waals surface area contributed by atoms with Gasteiger partial charge in [0.15, 0.2) is 0 Å². The molecule has 0 unspecified atom stereocenters. The molecule has 0 aliphatic rings. The summed E-state index contributed by atoms with van der Waals surface area (Å²) in [5.74, 6) is 1.10. The van der Waals surface area contributed by atoms with Gasteiger partial charge in [-0.2, -0.15) is 0 Å². The summed E-state index contributed by atoms with van der Waals surface area (Å²) >= 11 is 13.8. The van der Waals surface area contributed by atoms with Gasteiger partial charge in [0.05, 0.1) is 12.6 Å². The Morgan fingerprint density at radius 2 is 1.84 bits per heavy atom. The molecule has 3 rings (SSSR count). The Labute approximate surface area is 169 Å². The van der Waals surface area contributed by atoms with E-state index in [1.807, 2.05) is 18.2 Å². The number of aromatic nitrogens is 1. The molecule has 5 heteroatoms. The maximum atomic E-state index is 6.58. The van der Waals surface area contributed by atoms with Crippen molar-refractivity contribution in [3.05, 3.63) is 57.2 Å². The summed E-state index contributed by atoms with van der Waals surface area (Å²) in [6.45, 7) is 4.29. The number of nitrogens with zero attached hydrogens (tertiary/aromatic N) is 1. The lowest BCUT2D eigenvalue weighted by molar-refractivity contribution is 0.415. The fourth-order valence-corrected chi connectivity index (χ4v) is 4.73. The van der Waals surface area contributed by atoms with Crippen molar-refractivity contribution in [2.75, 3.05) is 7.11 Å². The molecule has 0 saturated heterocycles. The van der Waals surface area contributed by atoms with Crippen LogP contribution >= 0.6 is 43.5 Å². The molecule has 2 nitrogen and oxygen atoms in total. The number of hydrogen-bond acceptors (Lipinski definition) is 2. The van der Waals surface area contributed by atoms with E-state index in [1.165, 1.54) is 5.56 Å². The molecule has 0 atom stereocenters. The van der Waals surface area contributed by atoms with Crippen molar-refractivity contribution in [3.63, 3.8) is 0 Å². The van der Waals surface area contributed by atoms with E-state index in [4.69, 9.17) is 16.3 Å². The molecule has 1 aromatic heterocycles. The molecular weight excluding hydrogens is 465 g/mol. The SMILES string of the molecule is COc1ccc(-c2c(C(C)C)c(Cl)nc3cc(Br)c(CBr)cc23)cc1. The molecule has 0 aliphatic heterocycles. The molecule has 1 heterocycles. The summed E-state index contributed by atoms with van der Waals surface area (Å²) in [4.78, 5) is 4.65. The number of ether oxygens (including phenoxy) is 1. The molecule has 0 aliphatic carbocycles. The smallest absolute Gasteiger partial charge is 0.133 e. The number of alkyl halides is 1. The van der Waals surface area contributed by atoms with E-state index in [-0.39, 0.29) is 5.92 Å². The van der Waals surface area contributed by atoms with E-state index in [0.717, 1.165) is 43.1 Å². The molecule has 130 valence electrons. The first-order valence-electron chi connectivity index (χ1n) is 7.98. The van der Waals surface area contributed by atoms with Gasteiger partial charge >= 0.3 is 0 Å². The zero-order chi connectivity index (χ0) is 18.1. The highest BCUT2D eigenvalue weighted by atomic mass is 79.9. The van der Waals surface area contributed by atoms with Crippen molar-refractivity contribution in [2.24, 2.45) is 0 Å². The van der Waals surface area contributed by atoms with E-state index in [2.05, 4.69) is 68.9 Å². The van der Waals surface area contributed by atoms with Crippen molar-refractivity contribution in [3.8, 4) is 16.9 Å². The Hall–Kier alpha value is -1.10. The van der Waals surface area contributed by atoms with Gasteiger partial charge in [-0.1, -0.05) is 69.4 Å². The topological polar surface area (TPSA) is 22.1 Å². The highest BCUT2D eigenvalue weighted by molar-refractivity contribution is 9.10. The molecule has 0 saturated carbocycles. The minimum atomic E-state index is 0.262. The third-order valence-corrected chi connectivity index (χ3v) is 5.87. The van der Waals surface area contributed by atoms with Gasteiger partial charge in [-0.05, 0) is 46.9 Å². The molecule has 3 aromatic rings.